The van der Waals surface area contributed by atoms with Crippen LogP contribution in [0.3, 0.4) is 0 Å². The Morgan fingerprint density at radius 2 is 1.40 bits per heavy atom. The normalized spacial score (nSPS) is 12.4. The first kappa shape index (κ1) is 18.7. The van der Waals surface area contributed by atoms with E-state index in [1.807, 2.05) is 6.92 Å². The molecule has 116 valence electrons. The second-order valence-corrected chi connectivity index (χ2v) is 5.44. The topological polar surface area (TPSA) is 74.6 Å². The van der Waals surface area contributed by atoms with Gasteiger partial charge in [0.25, 0.3) is 0 Å². The molecule has 4 nitrogen and oxygen atoms in total. The van der Waals surface area contributed by atoms with Gasteiger partial charge in [0, 0.05) is 11.5 Å². The third kappa shape index (κ3) is 5.76. The van der Waals surface area contributed by atoms with E-state index in [1.165, 1.54) is 0 Å². The minimum absolute atomic E-state index is 0.0775. The van der Waals surface area contributed by atoms with E-state index in [9.17, 15) is 14.7 Å². The van der Waals surface area contributed by atoms with E-state index in [-0.39, 0.29) is 5.57 Å². The highest BCUT2D eigenvalue weighted by atomic mass is 16.4. The fraction of sp³-hybridized carbons (Fsp3) is 0.750. The molecule has 0 unspecified atom stereocenters. The van der Waals surface area contributed by atoms with Crippen LogP contribution >= 0.6 is 0 Å². The number of carboxylic acid groups (broad SMARTS) is 2. The van der Waals surface area contributed by atoms with Crippen molar-refractivity contribution >= 4 is 11.9 Å². The lowest BCUT2D eigenvalue weighted by Gasteiger charge is -2.34. The minimum atomic E-state index is -1.17. The average Bonchev–Trinajstić information content (AvgIpc) is 2.39. The summed E-state index contributed by atoms with van der Waals surface area (Å²) < 4.78 is 0. The molecule has 0 heterocycles. The Hall–Kier alpha value is -1.32. The fourth-order valence-corrected chi connectivity index (χ4v) is 2.85. The fourth-order valence-electron chi connectivity index (χ4n) is 2.85. The van der Waals surface area contributed by atoms with Crippen molar-refractivity contribution in [3.63, 3.8) is 0 Å². The maximum atomic E-state index is 11.6. The molecule has 0 atom stereocenters. The molecule has 0 amide bonds. The van der Waals surface area contributed by atoms with Crippen molar-refractivity contribution in [3.8, 4) is 0 Å². The molecule has 0 fully saturated rings. The van der Waals surface area contributed by atoms with E-state index < -0.39 is 17.4 Å². The van der Waals surface area contributed by atoms with Gasteiger partial charge < -0.3 is 10.2 Å². The maximum absolute atomic E-state index is 11.6. The molecule has 0 spiro atoms. The maximum Gasteiger partial charge on any atom is 0.332 e. The van der Waals surface area contributed by atoms with E-state index in [1.54, 1.807) is 0 Å². The lowest BCUT2D eigenvalue weighted by Crippen LogP contribution is -2.29. The Balaban J connectivity index is 5.58. The summed E-state index contributed by atoms with van der Waals surface area (Å²) in [6, 6.07) is 0. The zero-order valence-corrected chi connectivity index (χ0v) is 12.9. The van der Waals surface area contributed by atoms with E-state index in [0.717, 1.165) is 57.4 Å². The van der Waals surface area contributed by atoms with E-state index in [4.69, 9.17) is 5.11 Å². The number of rotatable bonds is 11. The Morgan fingerprint density at radius 3 is 1.70 bits per heavy atom. The lowest BCUT2D eigenvalue weighted by atomic mass is 9.69. The van der Waals surface area contributed by atoms with Gasteiger partial charge in [-0.2, -0.15) is 0 Å². The van der Waals surface area contributed by atoms with Crippen molar-refractivity contribution in [2.24, 2.45) is 5.41 Å². The van der Waals surface area contributed by atoms with E-state index in [2.05, 4.69) is 13.8 Å². The van der Waals surface area contributed by atoms with Gasteiger partial charge in [-0.25, -0.2) is 9.59 Å². The van der Waals surface area contributed by atoms with E-state index in [0.29, 0.717) is 0 Å². The third-order valence-electron chi connectivity index (χ3n) is 3.82. The van der Waals surface area contributed by atoms with Crippen LogP contribution in [-0.4, -0.2) is 22.2 Å². The summed E-state index contributed by atoms with van der Waals surface area (Å²) in [5.74, 6) is -2.26. The lowest BCUT2D eigenvalue weighted by molar-refractivity contribution is -0.136. The van der Waals surface area contributed by atoms with Crippen molar-refractivity contribution < 1.29 is 19.8 Å². The molecule has 0 aromatic heterocycles. The molecule has 0 aromatic rings. The molecule has 4 heteroatoms. The van der Waals surface area contributed by atoms with Crippen molar-refractivity contribution in [3.05, 3.63) is 11.6 Å². The van der Waals surface area contributed by atoms with Crippen LogP contribution in [0, 0.1) is 5.41 Å². The van der Waals surface area contributed by atoms with Crippen LogP contribution in [0.25, 0.3) is 0 Å². The van der Waals surface area contributed by atoms with Crippen LogP contribution in [0.15, 0.2) is 11.6 Å². The second-order valence-electron chi connectivity index (χ2n) is 5.44. The van der Waals surface area contributed by atoms with Gasteiger partial charge >= 0.3 is 11.9 Å². The number of hydrogen-bond donors (Lipinski definition) is 2. The number of hydrogen-bond acceptors (Lipinski definition) is 2. The number of aliphatic carboxylic acids is 2. The number of unbranched alkanes of at least 4 members (excludes halogenated alkanes) is 2. The molecule has 2 N–H and O–H groups in total. The van der Waals surface area contributed by atoms with Crippen LogP contribution in [0.5, 0.6) is 0 Å². The summed E-state index contributed by atoms with van der Waals surface area (Å²) in [6.45, 7) is 6.16. The molecule has 0 rings (SSSR count). The Bertz CT molecular complexity index is 336. The van der Waals surface area contributed by atoms with E-state index >= 15 is 0 Å². The van der Waals surface area contributed by atoms with Crippen LogP contribution in [0.1, 0.15) is 72.1 Å². The SMILES string of the molecule is CCCCC(CCC)(CCCC)C(=CC(=O)O)C(=O)O. The molecule has 0 aromatic carbocycles. The highest BCUT2D eigenvalue weighted by Crippen LogP contribution is 2.43. The molecule has 0 aliphatic carbocycles. The number of carboxylic acids is 2. The highest BCUT2D eigenvalue weighted by molar-refractivity contribution is 5.95. The first-order chi connectivity index (χ1) is 9.43. The Labute approximate surface area is 121 Å². The third-order valence-corrected chi connectivity index (χ3v) is 3.82. The summed E-state index contributed by atoms with van der Waals surface area (Å²) in [5, 5.41) is 18.4. The molecule has 0 bridgehead atoms. The summed E-state index contributed by atoms with van der Waals surface area (Å²) in [7, 11) is 0. The molecule has 0 aliphatic rings. The van der Waals surface area contributed by atoms with Crippen molar-refractivity contribution in [2.45, 2.75) is 72.1 Å². The quantitative estimate of drug-likeness (QED) is 0.556. The summed E-state index contributed by atoms with van der Waals surface area (Å²) >= 11 is 0. The van der Waals surface area contributed by atoms with Gasteiger partial charge in [-0.3, -0.25) is 0 Å². The molecule has 20 heavy (non-hydrogen) atoms. The van der Waals surface area contributed by atoms with Gasteiger partial charge in [-0.1, -0.05) is 52.9 Å². The summed E-state index contributed by atoms with van der Waals surface area (Å²) in [6.07, 6.45) is 7.82. The monoisotopic (exact) mass is 284 g/mol. The standard InChI is InChI=1S/C16H28O4/c1-4-7-10-16(9-6-3,11-8-5-2)13(15(19)20)12-14(17)18/h12H,4-11H2,1-3H3,(H,17,18)(H,19,20). The van der Waals surface area contributed by atoms with Crippen LogP contribution in [0.4, 0.5) is 0 Å². The second kappa shape index (κ2) is 9.56. The van der Waals surface area contributed by atoms with Crippen molar-refractivity contribution in [1.29, 1.82) is 0 Å². The van der Waals surface area contributed by atoms with Crippen molar-refractivity contribution in [2.75, 3.05) is 0 Å². The highest BCUT2D eigenvalue weighted by Gasteiger charge is 2.36. The molecule has 0 saturated carbocycles. The zero-order chi connectivity index (χ0) is 15.6. The Morgan fingerprint density at radius 1 is 0.900 bits per heavy atom. The first-order valence-electron chi connectivity index (χ1n) is 7.61. The molecule has 0 aliphatic heterocycles. The summed E-state index contributed by atoms with van der Waals surface area (Å²) in [5.41, 5.74) is -0.417. The van der Waals surface area contributed by atoms with Gasteiger partial charge in [0.1, 0.15) is 0 Å². The number of carbonyl (C=O) groups is 2. The molecule has 0 radical (unpaired) electrons. The zero-order valence-electron chi connectivity index (χ0n) is 12.9. The predicted octanol–water partition coefficient (Wildman–Crippen LogP) is 4.25. The molecular formula is C16H28O4. The minimum Gasteiger partial charge on any atom is -0.478 e. The average molecular weight is 284 g/mol. The van der Waals surface area contributed by atoms with Gasteiger partial charge in [0.2, 0.25) is 0 Å². The smallest absolute Gasteiger partial charge is 0.332 e. The van der Waals surface area contributed by atoms with Crippen LogP contribution < -0.4 is 0 Å². The Kier molecular flexibility index (Phi) is 8.93. The predicted molar refractivity (Wildman–Crippen MR) is 79.7 cm³/mol. The van der Waals surface area contributed by atoms with Gasteiger partial charge in [-0.05, 0) is 19.3 Å². The largest absolute Gasteiger partial charge is 0.478 e. The molecule has 0 saturated heterocycles. The first-order valence-corrected chi connectivity index (χ1v) is 7.61. The van der Waals surface area contributed by atoms with Gasteiger partial charge in [0.05, 0.1) is 5.57 Å². The summed E-state index contributed by atoms with van der Waals surface area (Å²) in [4.78, 5) is 22.5. The van der Waals surface area contributed by atoms with Crippen LogP contribution in [0.2, 0.25) is 0 Å². The van der Waals surface area contributed by atoms with Gasteiger partial charge in [0.15, 0.2) is 0 Å². The van der Waals surface area contributed by atoms with Gasteiger partial charge in [-0.15, -0.1) is 0 Å². The van der Waals surface area contributed by atoms with Crippen LogP contribution in [-0.2, 0) is 9.59 Å². The molecular weight excluding hydrogens is 256 g/mol. The van der Waals surface area contributed by atoms with Crippen molar-refractivity contribution in [1.82, 2.24) is 0 Å².